The van der Waals surface area contributed by atoms with Gasteiger partial charge >= 0.3 is 0 Å². The minimum absolute atomic E-state index is 0.273. The molecule has 2 nitrogen and oxygen atoms in total. The predicted molar refractivity (Wildman–Crippen MR) is 82.9 cm³/mol. The standard InChI is InChI=1S/C18H20O2/c1-13(14-8-4-6-10-16(14)19)12-18(2,3)15-9-5-7-11-17(15)20/h4-12,19-20H,1-3H3. The average molecular weight is 268 g/mol. The van der Waals surface area contributed by atoms with E-state index in [0.717, 1.165) is 16.7 Å². The van der Waals surface area contributed by atoms with Crippen molar-refractivity contribution < 1.29 is 10.2 Å². The summed E-state index contributed by atoms with van der Waals surface area (Å²) in [5.74, 6) is 0.563. The zero-order valence-electron chi connectivity index (χ0n) is 12.1. The summed E-state index contributed by atoms with van der Waals surface area (Å²) >= 11 is 0. The van der Waals surface area contributed by atoms with Gasteiger partial charge in [0.2, 0.25) is 0 Å². The SMILES string of the molecule is CC(=CC(C)(C)c1ccccc1O)c1ccccc1O. The molecule has 2 aromatic carbocycles. The quantitative estimate of drug-likeness (QED) is 0.861. The zero-order chi connectivity index (χ0) is 14.8. The van der Waals surface area contributed by atoms with Crippen molar-refractivity contribution in [2.24, 2.45) is 0 Å². The molecule has 2 aromatic rings. The Kier molecular flexibility index (Phi) is 3.84. The monoisotopic (exact) mass is 268 g/mol. The van der Waals surface area contributed by atoms with Crippen LogP contribution in [0.25, 0.3) is 5.57 Å². The third kappa shape index (κ3) is 2.85. The molecule has 0 atom stereocenters. The molecule has 104 valence electrons. The second kappa shape index (κ2) is 5.41. The summed E-state index contributed by atoms with van der Waals surface area (Å²) in [5, 5.41) is 19.9. The van der Waals surface area contributed by atoms with Crippen LogP contribution in [0.1, 0.15) is 31.9 Å². The zero-order valence-corrected chi connectivity index (χ0v) is 12.1. The van der Waals surface area contributed by atoms with E-state index in [1.54, 1.807) is 18.2 Å². The first-order valence-electron chi connectivity index (χ1n) is 6.68. The molecular formula is C18H20O2. The largest absolute Gasteiger partial charge is 0.508 e. The number of benzene rings is 2. The molecule has 0 saturated carbocycles. The van der Waals surface area contributed by atoms with Gasteiger partial charge in [-0.3, -0.25) is 0 Å². The Morgan fingerprint density at radius 2 is 1.45 bits per heavy atom. The van der Waals surface area contributed by atoms with Crippen LogP contribution >= 0.6 is 0 Å². The fourth-order valence-corrected chi connectivity index (χ4v) is 2.52. The minimum atomic E-state index is -0.322. The van der Waals surface area contributed by atoms with Gasteiger partial charge in [0.15, 0.2) is 0 Å². The van der Waals surface area contributed by atoms with E-state index in [1.165, 1.54) is 0 Å². The molecule has 2 heteroatoms. The Balaban J connectivity index is 2.43. The van der Waals surface area contributed by atoms with Crippen LogP contribution < -0.4 is 0 Å². The van der Waals surface area contributed by atoms with Gasteiger partial charge in [-0.25, -0.2) is 0 Å². The van der Waals surface area contributed by atoms with E-state index in [2.05, 4.69) is 6.08 Å². The highest BCUT2D eigenvalue weighted by Crippen LogP contribution is 2.35. The van der Waals surface area contributed by atoms with Gasteiger partial charge < -0.3 is 10.2 Å². The Labute approximate surface area is 120 Å². The molecule has 0 radical (unpaired) electrons. The second-order valence-corrected chi connectivity index (χ2v) is 5.58. The fourth-order valence-electron chi connectivity index (χ4n) is 2.52. The van der Waals surface area contributed by atoms with Crippen LogP contribution in [-0.2, 0) is 5.41 Å². The fraction of sp³-hybridized carbons (Fsp3) is 0.222. The molecule has 0 amide bonds. The molecule has 0 aliphatic rings. The lowest BCUT2D eigenvalue weighted by atomic mass is 9.81. The van der Waals surface area contributed by atoms with E-state index in [0.29, 0.717) is 5.75 Å². The predicted octanol–water partition coefficient (Wildman–Crippen LogP) is 4.48. The van der Waals surface area contributed by atoms with Crippen molar-refractivity contribution in [3.63, 3.8) is 0 Å². The highest BCUT2D eigenvalue weighted by molar-refractivity contribution is 5.70. The number of hydrogen-bond donors (Lipinski definition) is 2. The number of aromatic hydroxyl groups is 2. The minimum Gasteiger partial charge on any atom is -0.508 e. The van der Waals surface area contributed by atoms with Crippen LogP contribution in [0.3, 0.4) is 0 Å². The van der Waals surface area contributed by atoms with E-state index >= 15 is 0 Å². The number of hydrogen-bond acceptors (Lipinski definition) is 2. The maximum atomic E-state index is 10.0. The third-order valence-electron chi connectivity index (χ3n) is 3.50. The number of allylic oxidation sites excluding steroid dienone is 2. The molecule has 0 aliphatic heterocycles. The maximum Gasteiger partial charge on any atom is 0.123 e. The van der Waals surface area contributed by atoms with Gasteiger partial charge in [-0.05, 0) is 24.6 Å². The molecule has 0 heterocycles. The molecule has 0 unspecified atom stereocenters. The van der Waals surface area contributed by atoms with Crippen molar-refractivity contribution in [1.29, 1.82) is 0 Å². The first kappa shape index (κ1) is 14.2. The molecule has 20 heavy (non-hydrogen) atoms. The van der Waals surface area contributed by atoms with E-state index in [9.17, 15) is 10.2 Å². The van der Waals surface area contributed by atoms with E-state index in [1.807, 2.05) is 51.1 Å². The summed E-state index contributed by atoms with van der Waals surface area (Å²) in [6, 6.07) is 14.6. The molecule has 0 aliphatic carbocycles. The molecule has 0 bridgehead atoms. The number of rotatable bonds is 3. The summed E-state index contributed by atoms with van der Waals surface area (Å²) in [4.78, 5) is 0. The van der Waals surface area contributed by atoms with Gasteiger partial charge in [-0.1, -0.05) is 56.3 Å². The number of phenolic OH excluding ortho intramolecular Hbond substituents is 2. The van der Waals surface area contributed by atoms with Crippen LogP contribution in [0.15, 0.2) is 54.6 Å². The van der Waals surface area contributed by atoms with Gasteiger partial charge in [0.25, 0.3) is 0 Å². The van der Waals surface area contributed by atoms with Crippen molar-refractivity contribution in [2.45, 2.75) is 26.2 Å². The van der Waals surface area contributed by atoms with E-state index < -0.39 is 0 Å². The molecule has 0 aromatic heterocycles. The van der Waals surface area contributed by atoms with Gasteiger partial charge in [-0.2, -0.15) is 0 Å². The summed E-state index contributed by atoms with van der Waals surface area (Å²) in [6.45, 7) is 6.06. The number of phenols is 2. The van der Waals surface area contributed by atoms with Crippen molar-refractivity contribution in [2.75, 3.05) is 0 Å². The van der Waals surface area contributed by atoms with Crippen molar-refractivity contribution >= 4 is 5.57 Å². The highest BCUT2D eigenvalue weighted by Gasteiger charge is 2.21. The number of para-hydroxylation sites is 2. The molecule has 2 rings (SSSR count). The molecular weight excluding hydrogens is 248 g/mol. The first-order chi connectivity index (χ1) is 9.42. The third-order valence-corrected chi connectivity index (χ3v) is 3.50. The van der Waals surface area contributed by atoms with Gasteiger partial charge in [0, 0.05) is 16.5 Å². The van der Waals surface area contributed by atoms with E-state index in [4.69, 9.17) is 0 Å². The lowest BCUT2D eigenvalue weighted by molar-refractivity contribution is 0.455. The Morgan fingerprint density at radius 1 is 0.900 bits per heavy atom. The molecule has 0 fully saturated rings. The highest BCUT2D eigenvalue weighted by atomic mass is 16.3. The summed E-state index contributed by atoms with van der Waals surface area (Å²) in [5.41, 5.74) is 2.35. The van der Waals surface area contributed by atoms with Crippen molar-refractivity contribution in [3.8, 4) is 11.5 Å². The van der Waals surface area contributed by atoms with E-state index in [-0.39, 0.29) is 11.2 Å². The lowest BCUT2D eigenvalue weighted by Crippen LogP contribution is -2.14. The van der Waals surface area contributed by atoms with Crippen molar-refractivity contribution in [1.82, 2.24) is 0 Å². The molecule has 0 spiro atoms. The average Bonchev–Trinajstić information content (AvgIpc) is 2.38. The van der Waals surface area contributed by atoms with Crippen LogP contribution in [-0.4, -0.2) is 10.2 Å². The summed E-state index contributed by atoms with van der Waals surface area (Å²) in [6.07, 6.45) is 2.07. The van der Waals surface area contributed by atoms with Gasteiger partial charge in [0.1, 0.15) is 11.5 Å². The van der Waals surface area contributed by atoms with Crippen LogP contribution in [0.5, 0.6) is 11.5 Å². The summed E-state index contributed by atoms with van der Waals surface area (Å²) < 4.78 is 0. The van der Waals surface area contributed by atoms with Gasteiger partial charge in [0.05, 0.1) is 0 Å². The smallest absolute Gasteiger partial charge is 0.123 e. The normalized spacial score (nSPS) is 12.4. The lowest BCUT2D eigenvalue weighted by Gasteiger charge is -2.23. The second-order valence-electron chi connectivity index (χ2n) is 5.58. The Hall–Kier alpha value is -2.22. The van der Waals surface area contributed by atoms with Crippen LogP contribution in [0.2, 0.25) is 0 Å². The van der Waals surface area contributed by atoms with Crippen molar-refractivity contribution in [3.05, 3.63) is 65.7 Å². The Morgan fingerprint density at radius 3 is 2.05 bits per heavy atom. The van der Waals surface area contributed by atoms with Gasteiger partial charge in [-0.15, -0.1) is 0 Å². The molecule has 2 N–H and O–H groups in total. The summed E-state index contributed by atoms with van der Waals surface area (Å²) in [7, 11) is 0. The van der Waals surface area contributed by atoms with Crippen LogP contribution in [0.4, 0.5) is 0 Å². The molecule has 0 saturated heterocycles. The van der Waals surface area contributed by atoms with Crippen LogP contribution in [0, 0.1) is 0 Å². The maximum absolute atomic E-state index is 10.0. The topological polar surface area (TPSA) is 40.5 Å². The first-order valence-corrected chi connectivity index (χ1v) is 6.68. The Bertz CT molecular complexity index is 639.